The molecule has 0 aliphatic carbocycles. The van der Waals surface area contributed by atoms with Gasteiger partial charge in [0.1, 0.15) is 6.54 Å². The van der Waals surface area contributed by atoms with Gasteiger partial charge < -0.3 is 0 Å². The molecule has 13 heavy (non-hydrogen) atoms. The Morgan fingerprint density at radius 1 is 1.31 bits per heavy atom. The molecule has 2 rings (SSSR count). The van der Waals surface area contributed by atoms with Crippen molar-refractivity contribution in [3.8, 4) is 0 Å². The lowest BCUT2D eigenvalue weighted by atomic mass is 9.94. The molecule has 0 saturated heterocycles. The van der Waals surface area contributed by atoms with E-state index in [1.165, 1.54) is 12.0 Å². The highest BCUT2D eigenvalue weighted by Crippen LogP contribution is 2.19. The maximum atomic E-state index is 4.08. The second-order valence-electron chi connectivity index (χ2n) is 3.40. The average Bonchev–Trinajstić information content (AvgIpc) is 2.21. The number of aliphatic imine (C=N–C) groups is 1. The standard InChI is InChI=1S/C12H13N/c1-2-5-11(6-3-1)9-12-7-4-8-13-10-12/h1-3,5-6,8,12H,4,7,9H2. The maximum absolute atomic E-state index is 4.08. The van der Waals surface area contributed by atoms with Gasteiger partial charge >= 0.3 is 0 Å². The monoisotopic (exact) mass is 171 g/mol. The van der Waals surface area contributed by atoms with Gasteiger partial charge in [0, 0.05) is 0 Å². The molecular formula is C12H13N. The Hall–Kier alpha value is -1.11. The first-order chi connectivity index (χ1) is 6.45. The van der Waals surface area contributed by atoms with E-state index in [1.54, 1.807) is 0 Å². The Balaban J connectivity index is 1.94. The van der Waals surface area contributed by atoms with Crippen molar-refractivity contribution in [1.29, 1.82) is 0 Å². The summed E-state index contributed by atoms with van der Waals surface area (Å²) in [5, 5.41) is 0. The molecule has 1 atom stereocenters. The smallest absolute Gasteiger partial charge is 0.119 e. The predicted molar refractivity (Wildman–Crippen MR) is 54.6 cm³/mol. The van der Waals surface area contributed by atoms with E-state index >= 15 is 0 Å². The highest BCUT2D eigenvalue weighted by Gasteiger charge is 2.12. The molecule has 0 fully saturated rings. The van der Waals surface area contributed by atoms with Crippen LogP contribution in [0.15, 0.2) is 35.3 Å². The highest BCUT2D eigenvalue weighted by molar-refractivity contribution is 5.58. The average molecular weight is 171 g/mol. The fraction of sp³-hybridized carbons (Fsp3) is 0.333. The second kappa shape index (κ2) is 4.22. The molecule has 66 valence electrons. The first-order valence-electron chi connectivity index (χ1n) is 4.76. The van der Waals surface area contributed by atoms with Crippen molar-refractivity contribution in [1.82, 2.24) is 0 Å². The van der Waals surface area contributed by atoms with Crippen molar-refractivity contribution < 1.29 is 0 Å². The van der Waals surface area contributed by atoms with Crippen LogP contribution in [0.25, 0.3) is 0 Å². The van der Waals surface area contributed by atoms with Crippen LogP contribution in [-0.4, -0.2) is 6.21 Å². The van der Waals surface area contributed by atoms with E-state index in [0.717, 1.165) is 12.8 Å². The topological polar surface area (TPSA) is 12.4 Å². The van der Waals surface area contributed by atoms with Crippen LogP contribution in [0, 0.1) is 12.5 Å². The second-order valence-corrected chi connectivity index (χ2v) is 3.40. The highest BCUT2D eigenvalue weighted by atomic mass is 14.7. The van der Waals surface area contributed by atoms with E-state index in [1.807, 2.05) is 6.21 Å². The van der Waals surface area contributed by atoms with Gasteiger partial charge in [0.2, 0.25) is 0 Å². The van der Waals surface area contributed by atoms with E-state index in [4.69, 9.17) is 0 Å². The summed E-state index contributed by atoms with van der Waals surface area (Å²) >= 11 is 0. The zero-order valence-corrected chi connectivity index (χ0v) is 7.61. The van der Waals surface area contributed by atoms with Gasteiger partial charge in [-0.15, -0.1) is 0 Å². The molecule has 0 aromatic heterocycles. The summed E-state index contributed by atoms with van der Waals surface area (Å²) in [6.07, 6.45) is 5.32. The number of hydrogen-bond acceptors (Lipinski definition) is 1. The molecule has 1 heteroatoms. The zero-order chi connectivity index (χ0) is 8.93. The van der Waals surface area contributed by atoms with E-state index < -0.39 is 0 Å². The van der Waals surface area contributed by atoms with E-state index in [2.05, 4.69) is 41.9 Å². The van der Waals surface area contributed by atoms with E-state index in [-0.39, 0.29) is 0 Å². The van der Waals surface area contributed by atoms with Crippen molar-refractivity contribution in [2.24, 2.45) is 10.9 Å². The summed E-state index contributed by atoms with van der Waals surface area (Å²) in [5.74, 6) is 0.521. The Morgan fingerprint density at radius 2 is 2.15 bits per heavy atom. The minimum Gasteiger partial charge on any atom is -0.285 e. The molecule has 1 aliphatic rings. The van der Waals surface area contributed by atoms with Crippen LogP contribution in [0.4, 0.5) is 0 Å². The summed E-state index contributed by atoms with van der Waals surface area (Å²) in [6.45, 7) is 3.14. The number of rotatable bonds is 2. The lowest BCUT2D eigenvalue weighted by Crippen LogP contribution is -2.08. The first kappa shape index (κ1) is 8.49. The summed E-state index contributed by atoms with van der Waals surface area (Å²) in [4.78, 5) is 4.08. The first-order valence-corrected chi connectivity index (χ1v) is 4.76. The van der Waals surface area contributed by atoms with Crippen molar-refractivity contribution in [3.63, 3.8) is 0 Å². The van der Waals surface area contributed by atoms with Crippen molar-refractivity contribution in [2.75, 3.05) is 0 Å². The Kier molecular flexibility index (Phi) is 2.75. The summed E-state index contributed by atoms with van der Waals surface area (Å²) in [7, 11) is 0. The summed E-state index contributed by atoms with van der Waals surface area (Å²) < 4.78 is 0. The molecule has 1 aliphatic heterocycles. The fourth-order valence-corrected chi connectivity index (χ4v) is 1.61. The number of nitrogens with zero attached hydrogens (tertiary/aromatic N) is 1. The van der Waals surface area contributed by atoms with Gasteiger partial charge in [0.15, 0.2) is 0 Å². The summed E-state index contributed by atoms with van der Waals surface area (Å²) in [5.41, 5.74) is 1.39. The van der Waals surface area contributed by atoms with Crippen LogP contribution < -0.4 is 0 Å². The van der Waals surface area contributed by atoms with Crippen LogP contribution >= 0.6 is 0 Å². The quantitative estimate of drug-likeness (QED) is 0.648. The van der Waals surface area contributed by atoms with Gasteiger partial charge in [-0.2, -0.15) is 0 Å². The zero-order valence-electron chi connectivity index (χ0n) is 7.61. The molecule has 1 heterocycles. The molecule has 1 nitrogen and oxygen atoms in total. The third kappa shape index (κ3) is 2.41. The molecule has 1 unspecified atom stereocenters. The van der Waals surface area contributed by atoms with Gasteiger partial charge in [-0.1, -0.05) is 30.3 Å². The number of hydrogen-bond donors (Lipinski definition) is 0. The third-order valence-corrected chi connectivity index (χ3v) is 2.32. The van der Waals surface area contributed by atoms with Gasteiger partial charge in [-0.05, 0) is 37.0 Å². The molecule has 0 saturated carbocycles. The van der Waals surface area contributed by atoms with Gasteiger partial charge in [0.05, 0.1) is 0 Å². The molecule has 0 N–H and O–H groups in total. The molecule has 2 radical (unpaired) electrons. The summed E-state index contributed by atoms with van der Waals surface area (Å²) in [6, 6.07) is 10.6. The van der Waals surface area contributed by atoms with Gasteiger partial charge in [-0.3, -0.25) is 4.99 Å². The normalized spacial score (nSPS) is 21.7. The lowest BCUT2D eigenvalue weighted by Gasteiger charge is -2.15. The molecule has 0 spiro atoms. The van der Waals surface area contributed by atoms with Crippen LogP contribution in [0.1, 0.15) is 18.4 Å². The van der Waals surface area contributed by atoms with Crippen molar-refractivity contribution >= 4 is 6.21 Å². The molecule has 1 aromatic rings. The van der Waals surface area contributed by atoms with Crippen LogP contribution in [-0.2, 0) is 6.42 Å². The van der Waals surface area contributed by atoms with Crippen molar-refractivity contribution in [3.05, 3.63) is 42.4 Å². The van der Waals surface area contributed by atoms with E-state index in [9.17, 15) is 0 Å². The largest absolute Gasteiger partial charge is 0.285 e. The Morgan fingerprint density at radius 3 is 2.85 bits per heavy atom. The Labute approximate surface area is 79.5 Å². The maximum Gasteiger partial charge on any atom is 0.119 e. The third-order valence-electron chi connectivity index (χ3n) is 2.32. The lowest BCUT2D eigenvalue weighted by molar-refractivity contribution is 0.547. The van der Waals surface area contributed by atoms with Crippen LogP contribution in [0.2, 0.25) is 0 Å². The van der Waals surface area contributed by atoms with Crippen molar-refractivity contribution in [2.45, 2.75) is 19.3 Å². The van der Waals surface area contributed by atoms with Gasteiger partial charge in [-0.25, -0.2) is 0 Å². The molecular weight excluding hydrogens is 158 g/mol. The molecule has 1 aromatic carbocycles. The van der Waals surface area contributed by atoms with Gasteiger partial charge in [0.25, 0.3) is 0 Å². The SMILES string of the molecule is [C]1N=CCCC1Cc1ccccc1. The predicted octanol–water partition coefficient (Wildman–Crippen LogP) is 2.75. The molecule has 0 bridgehead atoms. The minimum absolute atomic E-state index is 0.521. The van der Waals surface area contributed by atoms with E-state index in [0.29, 0.717) is 5.92 Å². The molecule has 0 amide bonds. The number of benzene rings is 1. The van der Waals surface area contributed by atoms with Crippen LogP contribution in [0.5, 0.6) is 0 Å². The van der Waals surface area contributed by atoms with Crippen LogP contribution in [0.3, 0.4) is 0 Å². The minimum atomic E-state index is 0.521. The Bertz CT molecular complexity index is 276. The fourth-order valence-electron chi connectivity index (χ4n) is 1.61.